The van der Waals surface area contributed by atoms with Crippen LogP contribution in [0.5, 0.6) is 11.5 Å². The molecule has 0 saturated heterocycles. The number of fused-ring (bicyclic) bond motifs is 1. The molecule has 0 saturated carbocycles. The van der Waals surface area contributed by atoms with Gasteiger partial charge in [-0.25, -0.2) is 0 Å². The largest absolute Gasteiger partial charge is 0.490 e. The van der Waals surface area contributed by atoms with Crippen LogP contribution < -0.4 is 15.2 Å². The Morgan fingerprint density at radius 1 is 1.22 bits per heavy atom. The van der Waals surface area contributed by atoms with Gasteiger partial charge in [-0.2, -0.15) is 0 Å². The number of benzene rings is 1. The molecule has 1 aliphatic heterocycles. The van der Waals surface area contributed by atoms with Gasteiger partial charge in [0.05, 0.1) is 18.2 Å². The van der Waals surface area contributed by atoms with Crippen molar-refractivity contribution in [3.8, 4) is 22.8 Å². The molecular weight excluding hydrogens is 256 g/mol. The molecule has 0 unspecified atom stereocenters. The zero-order chi connectivity index (χ0) is 12.5. The third kappa shape index (κ3) is 1.86. The van der Waals surface area contributed by atoms with Crippen molar-refractivity contribution in [1.29, 1.82) is 0 Å². The molecule has 1 aromatic heterocycles. The van der Waals surface area contributed by atoms with E-state index in [0.717, 1.165) is 6.42 Å². The number of ether oxygens (including phenoxy) is 2. The minimum Gasteiger partial charge on any atom is -0.490 e. The predicted octanol–water partition coefficient (Wildman–Crippen LogP) is 2.74. The van der Waals surface area contributed by atoms with Crippen molar-refractivity contribution in [3.05, 3.63) is 23.2 Å². The van der Waals surface area contributed by atoms with Crippen LogP contribution in [0.15, 0.2) is 22.7 Å². The first-order chi connectivity index (χ1) is 8.75. The van der Waals surface area contributed by atoms with E-state index in [2.05, 4.69) is 5.16 Å². The first-order valence-electron chi connectivity index (χ1n) is 5.56. The number of nitrogen functional groups attached to an aromatic ring is 1. The molecule has 0 radical (unpaired) electrons. The van der Waals surface area contributed by atoms with Gasteiger partial charge in [0.1, 0.15) is 0 Å². The molecule has 1 aliphatic rings. The van der Waals surface area contributed by atoms with Gasteiger partial charge in [-0.15, -0.1) is 0 Å². The fourth-order valence-electron chi connectivity index (χ4n) is 1.81. The maximum absolute atomic E-state index is 6.31. The highest BCUT2D eigenvalue weighted by Crippen LogP contribution is 2.43. The Labute approximate surface area is 108 Å². The van der Waals surface area contributed by atoms with E-state index in [0.29, 0.717) is 46.9 Å². The van der Waals surface area contributed by atoms with Gasteiger partial charge in [-0.1, -0.05) is 16.8 Å². The Bertz CT molecular complexity index is 583. The van der Waals surface area contributed by atoms with Crippen LogP contribution in [0, 0.1) is 0 Å². The van der Waals surface area contributed by atoms with Gasteiger partial charge in [0.2, 0.25) is 0 Å². The highest BCUT2D eigenvalue weighted by molar-refractivity contribution is 6.35. The zero-order valence-electron chi connectivity index (χ0n) is 9.48. The second kappa shape index (κ2) is 4.42. The molecule has 5 nitrogen and oxygen atoms in total. The molecule has 0 atom stereocenters. The summed E-state index contributed by atoms with van der Waals surface area (Å²) in [5.41, 5.74) is 6.21. The maximum atomic E-state index is 6.31. The fraction of sp³-hybridized carbons (Fsp3) is 0.250. The lowest BCUT2D eigenvalue weighted by atomic mass is 10.1. The monoisotopic (exact) mass is 266 g/mol. The number of nitrogens with two attached hydrogens (primary N) is 1. The summed E-state index contributed by atoms with van der Waals surface area (Å²) >= 11 is 6.31. The highest BCUT2D eigenvalue weighted by atomic mass is 35.5. The lowest BCUT2D eigenvalue weighted by Crippen LogP contribution is -1.97. The van der Waals surface area contributed by atoms with Crippen LogP contribution in [-0.2, 0) is 0 Å². The van der Waals surface area contributed by atoms with Crippen molar-refractivity contribution < 1.29 is 14.0 Å². The summed E-state index contributed by atoms with van der Waals surface area (Å²) in [5, 5.41) is 4.09. The molecule has 0 amide bonds. The third-order valence-corrected chi connectivity index (χ3v) is 3.02. The van der Waals surface area contributed by atoms with Crippen LogP contribution >= 0.6 is 11.6 Å². The summed E-state index contributed by atoms with van der Waals surface area (Å²) in [6, 6.07) is 5.22. The van der Waals surface area contributed by atoms with Crippen molar-refractivity contribution in [3.63, 3.8) is 0 Å². The normalized spacial score (nSPS) is 14.3. The molecule has 18 heavy (non-hydrogen) atoms. The van der Waals surface area contributed by atoms with E-state index in [1.165, 1.54) is 0 Å². The fourth-order valence-corrected chi connectivity index (χ4v) is 2.11. The number of hydrogen-bond acceptors (Lipinski definition) is 5. The second-order valence-electron chi connectivity index (χ2n) is 3.92. The van der Waals surface area contributed by atoms with E-state index in [9.17, 15) is 0 Å². The number of aromatic nitrogens is 1. The van der Waals surface area contributed by atoms with Crippen LogP contribution in [0.4, 0.5) is 5.82 Å². The first kappa shape index (κ1) is 11.2. The van der Waals surface area contributed by atoms with Crippen molar-refractivity contribution in [1.82, 2.24) is 5.16 Å². The van der Waals surface area contributed by atoms with Crippen LogP contribution in [0.25, 0.3) is 11.3 Å². The van der Waals surface area contributed by atoms with E-state index in [1.807, 2.05) is 0 Å². The Balaban J connectivity index is 2.09. The van der Waals surface area contributed by atoms with Crippen molar-refractivity contribution in [2.75, 3.05) is 18.9 Å². The zero-order valence-corrected chi connectivity index (χ0v) is 10.2. The molecular formula is C12H11ClN2O3. The van der Waals surface area contributed by atoms with E-state index in [4.69, 9.17) is 31.3 Å². The van der Waals surface area contributed by atoms with Crippen LogP contribution in [0.3, 0.4) is 0 Å². The predicted molar refractivity (Wildman–Crippen MR) is 67.0 cm³/mol. The summed E-state index contributed by atoms with van der Waals surface area (Å²) in [6.45, 7) is 1.20. The Hall–Kier alpha value is -1.88. The second-order valence-corrected chi connectivity index (χ2v) is 4.30. The molecule has 1 aromatic carbocycles. The minimum absolute atomic E-state index is 0.313. The molecule has 2 N–H and O–H groups in total. The van der Waals surface area contributed by atoms with Gasteiger partial charge in [0.15, 0.2) is 23.1 Å². The molecule has 94 valence electrons. The molecule has 0 spiro atoms. The summed E-state index contributed by atoms with van der Waals surface area (Å²) in [4.78, 5) is 0. The summed E-state index contributed by atoms with van der Waals surface area (Å²) in [7, 11) is 0. The minimum atomic E-state index is 0.313. The SMILES string of the molecule is Nc1cc(-c2ccc3c(c2Cl)OCCCO3)on1. The average molecular weight is 267 g/mol. The maximum Gasteiger partial charge on any atom is 0.180 e. The topological polar surface area (TPSA) is 70.5 Å². The van der Waals surface area contributed by atoms with E-state index in [-0.39, 0.29) is 0 Å². The van der Waals surface area contributed by atoms with Gasteiger partial charge in [-0.05, 0) is 12.1 Å². The van der Waals surface area contributed by atoms with Gasteiger partial charge >= 0.3 is 0 Å². The molecule has 6 heteroatoms. The van der Waals surface area contributed by atoms with Gasteiger partial charge in [-0.3, -0.25) is 0 Å². The van der Waals surface area contributed by atoms with Gasteiger partial charge in [0, 0.05) is 18.1 Å². The number of anilines is 1. The quantitative estimate of drug-likeness (QED) is 0.859. The van der Waals surface area contributed by atoms with Crippen LogP contribution in [0.2, 0.25) is 5.02 Å². The molecule has 3 rings (SSSR count). The van der Waals surface area contributed by atoms with E-state index >= 15 is 0 Å². The molecule has 2 heterocycles. The summed E-state index contributed by atoms with van der Waals surface area (Å²) in [6.07, 6.45) is 0.829. The third-order valence-electron chi connectivity index (χ3n) is 2.65. The van der Waals surface area contributed by atoms with E-state index < -0.39 is 0 Å². The average Bonchev–Trinajstić information content (AvgIpc) is 2.65. The van der Waals surface area contributed by atoms with Crippen LogP contribution in [-0.4, -0.2) is 18.4 Å². The Morgan fingerprint density at radius 3 is 2.83 bits per heavy atom. The standard InChI is InChI=1S/C12H11ClN2O3/c13-11-7(9-6-10(14)15-18-9)2-3-8-12(11)17-5-1-4-16-8/h2-3,6H,1,4-5H2,(H2,14,15). The summed E-state index contributed by atoms with van der Waals surface area (Å²) in [5.74, 6) is 2.01. The molecule has 0 aliphatic carbocycles. The van der Waals surface area contributed by atoms with E-state index in [1.54, 1.807) is 18.2 Å². The van der Waals surface area contributed by atoms with Crippen molar-refractivity contribution in [2.24, 2.45) is 0 Å². The number of halogens is 1. The molecule has 2 aromatic rings. The molecule has 0 bridgehead atoms. The lowest BCUT2D eigenvalue weighted by molar-refractivity contribution is 0.297. The number of nitrogens with zero attached hydrogens (tertiary/aromatic N) is 1. The smallest absolute Gasteiger partial charge is 0.180 e. The Kier molecular flexibility index (Phi) is 2.76. The number of hydrogen-bond donors (Lipinski definition) is 1. The van der Waals surface area contributed by atoms with Gasteiger partial charge in [0.25, 0.3) is 0 Å². The summed E-state index contributed by atoms with van der Waals surface area (Å²) < 4.78 is 16.2. The van der Waals surface area contributed by atoms with Gasteiger partial charge < -0.3 is 19.7 Å². The lowest BCUT2D eigenvalue weighted by Gasteiger charge is -2.10. The van der Waals surface area contributed by atoms with Crippen molar-refractivity contribution >= 4 is 17.4 Å². The number of rotatable bonds is 1. The molecule has 0 fully saturated rings. The van der Waals surface area contributed by atoms with Crippen molar-refractivity contribution in [2.45, 2.75) is 6.42 Å². The highest BCUT2D eigenvalue weighted by Gasteiger charge is 2.19. The Morgan fingerprint density at radius 2 is 2.06 bits per heavy atom. The van der Waals surface area contributed by atoms with Crippen LogP contribution in [0.1, 0.15) is 6.42 Å². The first-order valence-corrected chi connectivity index (χ1v) is 5.94.